The average molecular weight is 236 g/mol. The van der Waals surface area contributed by atoms with Crippen molar-refractivity contribution in [2.75, 3.05) is 0 Å². The van der Waals surface area contributed by atoms with Gasteiger partial charge >= 0.3 is 0 Å². The van der Waals surface area contributed by atoms with Crippen LogP contribution in [0.2, 0.25) is 0 Å². The molecule has 1 aromatic rings. The smallest absolute Gasteiger partial charge is 0.112 e. The van der Waals surface area contributed by atoms with Gasteiger partial charge in [0, 0.05) is 17.6 Å². The Morgan fingerprint density at radius 3 is 2.81 bits per heavy atom. The fourth-order valence-electron chi connectivity index (χ4n) is 3.48. The van der Waals surface area contributed by atoms with Gasteiger partial charge in [0.15, 0.2) is 0 Å². The van der Waals surface area contributed by atoms with Crippen LogP contribution in [0.15, 0.2) is 11.6 Å². The zero-order valence-corrected chi connectivity index (χ0v) is 10.9. The molecule has 16 heavy (non-hydrogen) atoms. The quantitative estimate of drug-likeness (QED) is 0.872. The first kappa shape index (κ1) is 10.7. The van der Waals surface area contributed by atoms with Gasteiger partial charge in [0.1, 0.15) is 5.01 Å². The molecule has 1 N–H and O–H groups in total. The Morgan fingerprint density at radius 1 is 1.38 bits per heavy atom. The summed E-state index contributed by atoms with van der Waals surface area (Å²) in [6.07, 6.45) is 7.67. The molecule has 2 fully saturated rings. The molecule has 3 unspecified atom stereocenters. The third-order valence-corrected chi connectivity index (χ3v) is 5.35. The lowest BCUT2D eigenvalue weighted by molar-refractivity contribution is 0.267. The molecule has 0 radical (unpaired) electrons. The number of hydrogen-bond donors (Lipinski definition) is 1. The maximum absolute atomic E-state index is 4.45. The number of thiazole rings is 1. The summed E-state index contributed by atoms with van der Waals surface area (Å²) < 4.78 is 0. The molecule has 0 aliphatic heterocycles. The first-order chi connectivity index (χ1) is 7.65. The lowest BCUT2D eigenvalue weighted by Gasteiger charge is -2.32. The molecule has 0 spiro atoms. The summed E-state index contributed by atoms with van der Waals surface area (Å²) in [5.41, 5.74) is 0.0450. The summed E-state index contributed by atoms with van der Waals surface area (Å²) in [4.78, 5) is 4.45. The molecule has 2 aliphatic rings. The van der Waals surface area contributed by atoms with E-state index in [1.807, 2.05) is 6.20 Å². The van der Waals surface area contributed by atoms with Crippen molar-refractivity contribution in [3.05, 3.63) is 16.6 Å². The number of aromatic nitrogens is 1. The summed E-state index contributed by atoms with van der Waals surface area (Å²) in [6, 6.07) is 0.734. The van der Waals surface area contributed by atoms with Crippen LogP contribution in [0.5, 0.6) is 0 Å². The highest BCUT2D eigenvalue weighted by molar-refractivity contribution is 7.09. The number of fused-ring (bicyclic) bond motifs is 2. The molecule has 3 atom stereocenters. The lowest BCUT2D eigenvalue weighted by atomic mass is 9.92. The molecule has 1 aromatic heterocycles. The van der Waals surface area contributed by atoms with Crippen LogP contribution >= 0.6 is 11.3 Å². The van der Waals surface area contributed by atoms with E-state index in [9.17, 15) is 0 Å². The van der Waals surface area contributed by atoms with Gasteiger partial charge in [0.25, 0.3) is 0 Å². The second kappa shape index (κ2) is 3.81. The van der Waals surface area contributed by atoms with E-state index in [1.165, 1.54) is 30.7 Å². The Hall–Kier alpha value is -0.410. The highest BCUT2D eigenvalue weighted by Gasteiger charge is 2.41. The third-order valence-electron chi connectivity index (χ3n) is 4.25. The standard InChI is InChI=1S/C13H20N2S/c1-13(2,12-14-5-6-16-12)15-11-8-9-3-4-10(11)7-9/h5-6,9-11,15H,3-4,7-8H2,1-2H3. The van der Waals surface area contributed by atoms with Crippen LogP contribution in [-0.2, 0) is 5.54 Å². The largest absolute Gasteiger partial charge is 0.303 e. The number of nitrogens with zero attached hydrogens (tertiary/aromatic N) is 1. The van der Waals surface area contributed by atoms with E-state index in [-0.39, 0.29) is 5.54 Å². The Kier molecular flexibility index (Phi) is 2.55. The minimum absolute atomic E-state index is 0.0450. The summed E-state index contributed by atoms with van der Waals surface area (Å²) in [6.45, 7) is 4.52. The van der Waals surface area contributed by atoms with E-state index in [2.05, 4.69) is 29.5 Å². The average Bonchev–Trinajstić information content (AvgIpc) is 2.94. The van der Waals surface area contributed by atoms with Gasteiger partial charge in [-0.1, -0.05) is 6.42 Å². The number of nitrogens with one attached hydrogen (secondary N) is 1. The van der Waals surface area contributed by atoms with Gasteiger partial charge in [-0.2, -0.15) is 0 Å². The van der Waals surface area contributed by atoms with Gasteiger partial charge in [-0.15, -0.1) is 11.3 Å². The number of rotatable bonds is 3. The fourth-order valence-corrected chi connectivity index (χ4v) is 4.20. The molecule has 1 heterocycles. The van der Waals surface area contributed by atoms with Crippen LogP contribution < -0.4 is 5.32 Å². The molecule has 88 valence electrons. The van der Waals surface area contributed by atoms with Gasteiger partial charge < -0.3 is 5.32 Å². The first-order valence-corrected chi connectivity index (χ1v) is 7.21. The van der Waals surface area contributed by atoms with Crippen molar-refractivity contribution in [3.63, 3.8) is 0 Å². The van der Waals surface area contributed by atoms with Crippen molar-refractivity contribution < 1.29 is 0 Å². The van der Waals surface area contributed by atoms with E-state index >= 15 is 0 Å². The SMILES string of the molecule is CC(C)(NC1CC2CCC1C2)c1nccs1. The first-order valence-electron chi connectivity index (χ1n) is 6.33. The molecule has 0 saturated heterocycles. The predicted molar refractivity (Wildman–Crippen MR) is 67.5 cm³/mol. The minimum atomic E-state index is 0.0450. The van der Waals surface area contributed by atoms with Crippen molar-refractivity contribution in [3.8, 4) is 0 Å². The maximum atomic E-state index is 4.45. The second-order valence-corrected chi connectivity index (χ2v) is 6.78. The molecular formula is C13H20N2S. The van der Waals surface area contributed by atoms with Crippen LogP contribution in [0.3, 0.4) is 0 Å². The molecule has 0 aromatic carbocycles. The van der Waals surface area contributed by atoms with Gasteiger partial charge in [-0.3, -0.25) is 0 Å². The normalized spacial score (nSPS) is 33.5. The van der Waals surface area contributed by atoms with Gasteiger partial charge in [-0.25, -0.2) is 4.98 Å². The van der Waals surface area contributed by atoms with Gasteiger partial charge in [0.05, 0.1) is 5.54 Å². The summed E-state index contributed by atoms with van der Waals surface area (Å²) >= 11 is 1.76. The highest BCUT2D eigenvalue weighted by atomic mass is 32.1. The molecule has 0 amide bonds. The summed E-state index contributed by atoms with van der Waals surface area (Å²) in [7, 11) is 0. The van der Waals surface area contributed by atoms with Crippen molar-refractivity contribution in [1.29, 1.82) is 0 Å². The minimum Gasteiger partial charge on any atom is -0.303 e. The van der Waals surface area contributed by atoms with Crippen LogP contribution in [-0.4, -0.2) is 11.0 Å². The van der Waals surface area contributed by atoms with E-state index in [1.54, 1.807) is 11.3 Å². The fraction of sp³-hybridized carbons (Fsp3) is 0.769. The molecule has 3 rings (SSSR count). The maximum Gasteiger partial charge on any atom is 0.112 e. The summed E-state index contributed by atoms with van der Waals surface area (Å²) in [5, 5.41) is 7.12. The van der Waals surface area contributed by atoms with Crippen LogP contribution in [0, 0.1) is 11.8 Å². The Morgan fingerprint density at radius 2 is 2.25 bits per heavy atom. The molecule has 2 bridgehead atoms. The van der Waals surface area contributed by atoms with Gasteiger partial charge in [0.2, 0.25) is 0 Å². The molecule has 3 heteroatoms. The van der Waals surface area contributed by atoms with E-state index in [0.29, 0.717) is 0 Å². The van der Waals surface area contributed by atoms with Crippen LogP contribution in [0.1, 0.15) is 44.5 Å². The number of hydrogen-bond acceptors (Lipinski definition) is 3. The van der Waals surface area contributed by atoms with Gasteiger partial charge in [-0.05, 0) is 44.9 Å². The van der Waals surface area contributed by atoms with Crippen molar-refractivity contribution in [2.24, 2.45) is 11.8 Å². The lowest BCUT2D eigenvalue weighted by Crippen LogP contribution is -2.46. The third kappa shape index (κ3) is 1.80. The highest BCUT2D eigenvalue weighted by Crippen LogP contribution is 2.45. The van der Waals surface area contributed by atoms with Crippen molar-refractivity contribution >= 4 is 11.3 Å². The van der Waals surface area contributed by atoms with Crippen LogP contribution in [0.25, 0.3) is 0 Å². The van der Waals surface area contributed by atoms with Crippen molar-refractivity contribution in [2.45, 2.75) is 51.1 Å². The monoisotopic (exact) mass is 236 g/mol. The molecule has 2 aliphatic carbocycles. The summed E-state index contributed by atoms with van der Waals surface area (Å²) in [5.74, 6) is 1.94. The zero-order valence-electron chi connectivity index (χ0n) is 10.1. The van der Waals surface area contributed by atoms with E-state index < -0.39 is 0 Å². The second-order valence-electron chi connectivity index (χ2n) is 5.89. The van der Waals surface area contributed by atoms with Crippen LogP contribution in [0.4, 0.5) is 0 Å². The zero-order chi connectivity index (χ0) is 11.2. The molecular weight excluding hydrogens is 216 g/mol. The molecule has 2 nitrogen and oxygen atoms in total. The van der Waals surface area contributed by atoms with Crippen molar-refractivity contribution in [1.82, 2.24) is 10.3 Å². The topological polar surface area (TPSA) is 24.9 Å². The van der Waals surface area contributed by atoms with E-state index in [0.717, 1.165) is 17.9 Å². The Bertz CT molecular complexity index is 358. The predicted octanol–water partition coefficient (Wildman–Crippen LogP) is 3.16. The molecule has 2 saturated carbocycles. The Labute approximate surface area is 101 Å². The Balaban J connectivity index is 1.70. The van der Waals surface area contributed by atoms with E-state index in [4.69, 9.17) is 0 Å².